The molecule has 2 aliphatic rings. The molecule has 5 nitrogen and oxygen atoms in total. The van der Waals surface area contributed by atoms with E-state index in [4.69, 9.17) is 0 Å². The van der Waals surface area contributed by atoms with Gasteiger partial charge in [0.1, 0.15) is 0 Å². The van der Waals surface area contributed by atoms with Gasteiger partial charge >= 0.3 is 0 Å². The number of nitro groups is 1. The molecule has 1 aliphatic carbocycles. The second-order valence-corrected chi connectivity index (χ2v) is 5.87. The molecule has 2 unspecified atom stereocenters. The summed E-state index contributed by atoms with van der Waals surface area (Å²) in [6, 6.07) is 4.91. The van der Waals surface area contributed by atoms with Crippen LogP contribution in [0.4, 0.5) is 11.4 Å². The quantitative estimate of drug-likeness (QED) is 0.483. The van der Waals surface area contributed by atoms with Gasteiger partial charge in [-0.1, -0.05) is 6.42 Å². The number of nitro benzene ring substituents is 1. The molecular weight excluding hydrogens is 256 g/mol. The highest BCUT2D eigenvalue weighted by molar-refractivity contribution is 5.99. The van der Waals surface area contributed by atoms with Crippen LogP contribution in [0.1, 0.15) is 36.5 Å². The van der Waals surface area contributed by atoms with Crippen molar-refractivity contribution in [2.75, 3.05) is 18.0 Å². The van der Waals surface area contributed by atoms with E-state index in [0.29, 0.717) is 0 Å². The topological polar surface area (TPSA) is 63.5 Å². The third-order valence-electron chi connectivity index (χ3n) is 4.65. The summed E-state index contributed by atoms with van der Waals surface area (Å²) in [4.78, 5) is 24.4. The van der Waals surface area contributed by atoms with Crippen molar-refractivity contribution in [1.82, 2.24) is 0 Å². The van der Waals surface area contributed by atoms with Gasteiger partial charge < -0.3 is 4.90 Å². The highest BCUT2D eigenvalue weighted by Crippen LogP contribution is 2.40. The normalized spacial score (nSPS) is 24.8. The molecule has 20 heavy (non-hydrogen) atoms. The second kappa shape index (κ2) is 4.89. The van der Waals surface area contributed by atoms with Crippen LogP contribution in [0.15, 0.2) is 18.2 Å². The van der Waals surface area contributed by atoms with E-state index < -0.39 is 4.92 Å². The zero-order chi connectivity index (χ0) is 14.3. The molecule has 2 atom stereocenters. The Morgan fingerprint density at radius 3 is 2.50 bits per heavy atom. The molecule has 5 heteroatoms. The number of ketones is 1. The van der Waals surface area contributed by atoms with Gasteiger partial charge in [0.05, 0.1) is 10.5 Å². The lowest BCUT2D eigenvalue weighted by Crippen LogP contribution is -2.21. The number of Topliss-reactive ketones (excluding diaryl/α,β-unsaturated/α-hetero) is 1. The van der Waals surface area contributed by atoms with Crippen molar-refractivity contribution in [3.63, 3.8) is 0 Å². The summed E-state index contributed by atoms with van der Waals surface area (Å²) in [5.74, 6) is 1.26. The minimum Gasteiger partial charge on any atom is -0.371 e. The molecule has 0 amide bonds. The van der Waals surface area contributed by atoms with Gasteiger partial charge in [0.15, 0.2) is 5.78 Å². The number of carbonyl (C=O) groups excluding carboxylic acids is 1. The molecule has 1 saturated heterocycles. The molecule has 106 valence electrons. The third kappa shape index (κ3) is 2.17. The molecule has 0 aromatic heterocycles. The maximum absolute atomic E-state index is 11.6. The van der Waals surface area contributed by atoms with Gasteiger partial charge in [-0.2, -0.15) is 0 Å². The van der Waals surface area contributed by atoms with Gasteiger partial charge in [0.2, 0.25) is 0 Å². The van der Waals surface area contributed by atoms with Gasteiger partial charge in [0.25, 0.3) is 5.69 Å². The SMILES string of the molecule is CC(=O)c1cc(N2CC3CCCC3C2)ccc1[N+](=O)[O-]. The Morgan fingerprint density at radius 1 is 1.30 bits per heavy atom. The fourth-order valence-electron chi connectivity index (χ4n) is 3.61. The van der Waals surface area contributed by atoms with Gasteiger partial charge in [-0.3, -0.25) is 14.9 Å². The number of benzene rings is 1. The van der Waals surface area contributed by atoms with E-state index in [1.807, 2.05) is 0 Å². The fraction of sp³-hybridized carbons (Fsp3) is 0.533. The molecule has 0 spiro atoms. The van der Waals surface area contributed by atoms with E-state index >= 15 is 0 Å². The summed E-state index contributed by atoms with van der Waals surface area (Å²) >= 11 is 0. The Labute approximate surface area is 117 Å². The molecule has 1 heterocycles. The molecule has 0 radical (unpaired) electrons. The number of hydrogen-bond acceptors (Lipinski definition) is 4. The van der Waals surface area contributed by atoms with Gasteiger partial charge in [-0.25, -0.2) is 0 Å². The summed E-state index contributed by atoms with van der Waals surface area (Å²) in [5, 5.41) is 11.0. The van der Waals surface area contributed by atoms with Crippen LogP contribution in [0.5, 0.6) is 0 Å². The monoisotopic (exact) mass is 274 g/mol. The second-order valence-electron chi connectivity index (χ2n) is 5.87. The zero-order valence-corrected chi connectivity index (χ0v) is 11.5. The Bertz CT molecular complexity index is 558. The fourth-order valence-corrected chi connectivity index (χ4v) is 3.61. The van der Waals surface area contributed by atoms with Crippen molar-refractivity contribution in [3.8, 4) is 0 Å². The molecule has 1 aromatic carbocycles. The van der Waals surface area contributed by atoms with Crippen LogP contribution in [-0.4, -0.2) is 23.8 Å². The Balaban J connectivity index is 1.89. The highest BCUT2D eigenvalue weighted by atomic mass is 16.6. The van der Waals surface area contributed by atoms with Gasteiger partial charge in [-0.15, -0.1) is 0 Å². The van der Waals surface area contributed by atoms with E-state index in [9.17, 15) is 14.9 Å². The summed E-state index contributed by atoms with van der Waals surface area (Å²) in [6.07, 6.45) is 3.89. The van der Waals surface area contributed by atoms with Crippen LogP contribution in [-0.2, 0) is 0 Å². The number of nitrogens with zero attached hydrogens (tertiary/aromatic N) is 2. The minimum absolute atomic E-state index is 0.0966. The molecule has 3 rings (SSSR count). The van der Waals surface area contributed by atoms with Gasteiger partial charge in [-0.05, 0) is 43.7 Å². The molecule has 2 fully saturated rings. The predicted molar refractivity (Wildman–Crippen MR) is 76.1 cm³/mol. The Hall–Kier alpha value is -1.91. The summed E-state index contributed by atoms with van der Waals surface area (Å²) < 4.78 is 0. The maximum atomic E-state index is 11.6. The smallest absolute Gasteiger partial charge is 0.280 e. The van der Waals surface area contributed by atoms with E-state index in [1.54, 1.807) is 12.1 Å². The standard InChI is InChI=1S/C15H18N2O3/c1-10(18)14-7-13(5-6-15(14)17(19)20)16-8-11-3-2-4-12(11)9-16/h5-7,11-12H,2-4,8-9H2,1H3. The first-order valence-electron chi connectivity index (χ1n) is 7.10. The lowest BCUT2D eigenvalue weighted by atomic mass is 10.0. The molecule has 0 N–H and O–H groups in total. The lowest BCUT2D eigenvalue weighted by Gasteiger charge is -2.20. The van der Waals surface area contributed by atoms with Crippen molar-refractivity contribution >= 4 is 17.2 Å². The van der Waals surface area contributed by atoms with Crippen LogP contribution in [0.25, 0.3) is 0 Å². The number of anilines is 1. The van der Waals surface area contributed by atoms with Crippen molar-refractivity contribution in [3.05, 3.63) is 33.9 Å². The third-order valence-corrected chi connectivity index (χ3v) is 4.65. The number of fused-ring (bicyclic) bond motifs is 1. The zero-order valence-electron chi connectivity index (χ0n) is 11.5. The van der Waals surface area contributed by atoms with Crippen LogP contribution < -0.4 is 4.90 Å². The summed E-state index contributed by atoms with van der Waals surface area (Å²) in [6.45, 7) is 3.41. The molecular formula is C15H18N2O3. The summed E-state index contributed by atoms with van der Waals surface area (Å²) in [5.41, 5.74) is 1.06. The number of rotatable bonds is 3. The van der Waals surface area contributed by atoms with Crippen molar-refractivity contribution in [2.24, 2.45) is 11.8 Å². The van der Waals surface area contributed by atoms with E-state index in [2.05, 4.69) is 4.90 Å². The molecule has 1 aliphatic heterocycles. The largest absolute Gasteiger partial charge is 0.371 e. The van der Waals surface area contributed by atoms with Crippen LogP contribution in [0.3, 0.4) is 0 Å². The number of carbonyl (C=O) groups is 1. The van der Waals surface area contributed by atoms with Crippen molar-refractivity contribution in [2.45, 2.75) is 26.2 Å². The first kappa shape index (κ1) is 13.1. The van der Waals surface area contributed by atoms with Gasteiger partial charge in [0, 0.05) is 24.8 Å². The molecule has 0 bridgehead atoms. The van der Waals surface area contributed by atoms with E-state index in [-0.39, 0.29) is 17.0 Å². The lowest BCUT2D eigenvalue weighted by molar-refractivity contribution is -0.385. The maximum Gasteiger partial charge on any atom is 0.280 e. The molecule has 1 saturated carbocycles. The average Bonchev–Trinajstić information content (AvgIpc) is 2.98. The number of hydrogen-bond donors (Lipinski definition) is 0. The predicted octanol–water partition coefficient (Wildman–Crippen LogP) is 3.03. The van der Waals surface area contributed by atoms with Crippen LogP contribution in [0.2, 0.25) is 0 Å². The van der Waals surface area contributed by atoms with E-state index in [1.165, 1.54) is 32.3 Å². The Morgan fingerprint density at radius 2 is 1.95 bits per heavy atom. The highest BCUT2D eigenvalue weighted by Gasteiger charge is 2.36. The van der Waals surface area contributed by atoms with Crippen LogP contribution >= 0.6 is 0 Å². The van der Waals surface area contributed by atoms with E-state index in [0.717, 1.165) is 30.6 Å². The minimum atomic E-state index is -0.487. The average molecular weight is 274 g/mol. The first-order chi connectivity index (χ1) is 9.56. The van der Waals surface area contributed by atoms with Crippen LogP contribution in [0, 0.1) is 22.0 Å². The summed E-state index contributed by atoms with van der Waals surface area (Å²) in [7, 11) is 0. The molecule has 1 aromatic rings. The van der Waals surface area contributed by atoms with Crippen molar-refractivity contribution < 1.29 is 9.72 Å². The first-order valence-corrected chi connectivity index (χ1v) is 7.10. The van der Waals surface area contributed by atoms with Crippen molar-refractivity contribution in [1.29, 1.82) is 0 Å². The Kier molecular flexibility index (Phi) is 3.20.